The number of aryl methyl sites for hydroxylation is 1. The van der Waals surface area contributed by atoms with Crippen LogP contribution in [0.25, 0.3) is 0 Å². The molecule has 0 aliphatic carbocycles. The number of hydrogen-bond donors (Lipinski definition) is 1. The Bertz CT molecular complexity index is 514. The maximum atomic E-state index is 12.2. The second-order valence-corrected chi connectivity index (χ2v) is 4.80. The Balaban J connectivity index is 2.30. The Morgan fingerprint density at radius 2 is 2.17 bits per heavy atom. The lowest BCUT2D eigenvalue weighted by molar-refractivity contribution is -0.120. The maximum absolute atomic E-state index is 12.2. The summed E-state index contributed by atoms with van der Waals surface area (Å²) in [4.78, 5) is 12.2. The number of hydrogen-bond acceptors (Lipinski definition) is 3. The first kappa shape index (κ1) is 13.1. The molecule has 5 heteroatoms. The molecule has 1 amide bonds. The Morgan fingerprint density at radius 3 is 2.78 bits per heavy atom. The second kappa shape index (κ2) is 5.08. The first-order valence-electron chi connectivity index (χ1n) is 5.80. The molecule has 1 N–H and O–H groups in total. The van der Waals surface area contributed by atoms with Crippen molar-refractivity contribution < 1.29 is 9.90 Å². The van der Waals surface area contributed by atoms with Gasteiger partial charge in [0.15, 0.2) is 0 Å². The highest BCUT2D eigenvalue weighted by Crippen LogP contribution is 2.28. The number of aliphatic hydroxyl groups is 1. The van der Waals surface area contributed by atoms with Crippen LogP contribution >= 0.6 is 11.6 Å². The molecule has 0 saturated heterocycles. The van der Waals surface area contributed by atoms with E-state index in [1.54, 1.807) is 13.0 Å². The highest BCUT2D eigenvalue weighted by atomic mass is 35.5. The number of carbonyl (C=O) groups excluding carboxylic acids is 1. The standard InChI is InChI=1S/C13H15ClN2O2/c1-8-3-4-10(7-12(8)14)16-13(18)11(5-6-17)9(2)15-16/h3-4,7,11,17H,5-6H2,1-2H3. The van der Waals surface area contributed by atoms with Crippen molar-refractivity contribution in [3.8, 4) is 0 Å². The minimum atomic E-state index is -0.324. The van der Waals surface area contributed by atoms with Crippen molar-refractivity contribution >= 4 is 28.9 Å². The van der Waals surface area contributed by atoms with E-state index in [-0.39, 0.29) is 18.4 Å². The molecule has 2 rings (SSSR count). The van der Waals surface area contributed by atoms with Gasteiger partial charge in [-0.15, -0.1) is 0 Å². The fraction of sp³-hybridized carbons (Fsp3) is 0.385. The first-order valence-corrected chi connectivity index (χ1v) is 6.18. The van der Waals surface area contributed by atoms with Crippen LogP contribution in [0.15, 0.2) is 23.3 Å². The fourth-order valence-corrected chi connectivity index (χ4v) is 2.14. The molecule has 0 spiro atoms. The number of hydrazone groups is 1. The lowest BCUT2D eigenvalue weighted by Gasteiger charge is -2.14. The normalized spacial score (nSPS) is 19.3. The van der Waals surface area contributed by atoms with Crippen molar-refractivity contribution in [2.75, 3.05) is 11.6 Å². The second-order valence-electron chi connectivity index (χ2n) is 4.39. The highest BCUT2D eigenvalue weighted by molar-refractivity contribution is 6.31. The highest BCUT2D eigenvalue weighted by Gasteiger charge is 2.33. The quantitative estimate of drug-likeness (QED) is 0.913. The van der Waals surface area contributed by atoms with E-state index in [9.17, 15) is 4.79 Å². The van der Waals surface area contributed by atoms with E-state index in [1.165, 1.54) is 5.01 Å². The van der Waals surface area contributed by atoms with E-state index in [4.69, 9.17) is 16.7 Å². The van der Waals surface area contributed by atoms with Crippen molar-refractivity contribution in [1.82, 2.24) is 0 Å². The van der Waals surface area contributed by atoms with Gasteiger partial charge in [0, 0.05) is 17.3 Å². The van der Waals surface area contributed by atoms with Crippen molar-refractivity contribution in [2.24, 2.45) is 11.0 Å². The number of benzene rings is 1. The van der Waals surface area contributed by atoms with Gasteiger partial charge in [0.1, 0.15) is 0 Å². The average Bonchev–Trinajstić information content (AvgIpc) is 2.61. The Labute approximate surface area is 111 Å². The largest absolute Gasteiger partial charge is 0.396 e. The molecule has 1 aromatic carbocycles. The molecule has 1 aliphatic rings. The van der Waals surface area contributed by atoms with Gasteiger partial charge in [0.05, 0.1) is 11.6 Å². The number of rotatable bonds is 3. The fourth-order valence-electron chi connectivity index (χ4n) is 1.96. The summed E-state index contributed by atoms with van der Waals surface area (Å²) in [6, 6.07) is 5.40. The van der Waals surface area contributed by atoms with Crippen molar-refractivity contribution in [1.29, 1.82) is 0 Å². The summed E-state index contributed by atoms with van der Waals surface area (Å²) in [6.07, 6.45) is 0.407. The topological polar surface area (TPSA) is 52.9 Å². The zero-order chi connectivity index (χ0) is 13.3. The van der Waals surface area contributed by atoms with E-state index in [0.29, 0.717) is 17.1 Å². The van der Waals surface area contributed by atoms with Gasteiger partial charge < -0.3 is 5.11 Å². The third kappa shape index (κ3) is 2.26. The molecule has 1 heterocycles. The third-order valence-corrected chi connectivity index (χ3v) is 3.49. The molecule has 18 heavy (non-hydrogen) atoms. The summed E-state index contributed by atoms with van der Waals surface area (Å²) in [6.45, 7) is 3.68. The number of nitrogens with zero attached hydrogens (tertiary/aromatic N) is 2. The molecule has 0 aromatic heterocycles. The van der Waals surface area contributed by atoms with Gasteiger partial charge in [-0.25, -0.2) is 5.01 Å². The van der Waals surface area contributed by atoms with Crippen LogP contribution in [-0.4, -0.2) is 23.3 Å². The van der Waals surface area contributed by atoms with Gasteiger partial charge in [-0.1, -0.05) is 17.7 Å². The van der Waals surface area contributed by atoms with Crippen LogP contribution in [0.2, 0.25) is 5.02 Å². The smallest absolute Gasteiger partial charge is 0.256 e. The number of aliphatic hydroxyl groups excluding tert-OH is 1. The van der Waals surface area contributed by atoms with E-state index >= 15 is 0 Å². The van der Waals surface area contributed by atoms with E-state index < -0.39 is 0 Å². The van der Waals surface area contributed by atoms with Crippen LogP contribution < -0.4 is 5.01 Å². The Morgan fingerprint density at radius 1 is 1.44 bits per heavy atom. The number of carbonyl (C=O) groups is 1. The van der Waals surface area contributed by atoms with Crippen LogP contribution in [0.3, 0.4) is 0 Å². The minimum absolute atomic E-state index is 0.0221. The summed E-state index contributed by atoms with van der Waals surface area (Å²) in [5, 5.41) is 15.2. The number of amides is 1. The summed E-state index contributed by atoms with van der Waals surface area (Å²) in [5.74, 6) is -0.434. The summed E-state index contributed by atoms with van der Waals surface area (Å²) < 4.78 is 0. The number of anilines is 1. The van der Waals surface area contributed by atoms with Gasteiger partial charge in [-0.2, -0.15) is 5.10 Å². The zero-order valence-corrected chi connectivity index (χ0v) is 11.1. The van der Waals surface area contributed by atoms with Crippen LogP contribution in [0.5, 0.6) is 0 Å². The molecular formula is C13H15ClN2O2. The molecule has 1 unspecified atom stereocenters. The predicted octanol–water partition coefficient (Wildman–Crippen LogP) is 2.37. The van der Waals surface area contributed by atoms with Gasteiger partial charge in [-0.3, -0.25) is 4.79 Å². The van der Waals surface area contributed by atoms with Gasteiger partial charge in [-0.05, 0) is 38.0 Å². The summed E-state index contributed by atoms with van der Waals surface area (Å²) >= 11 is 6.05. The van der Waals surface area contributed by atoms with Gasteiger partial charge >= 0.3 is 0 Å². The van der Waals surface area contributed by atoms with Crippen molar-refractivity contribution in [3.63, 3.8) is 0 Å². The molecule has 0 saturated carbocycles. The Kier molecular flexibility index (Phi) is 3.68. The van der Waals surface area contributed by atoms with Crippen LogP contribution in [0.4, 0.5) is 5.69 Å². The molecule has 0 radical (unpaired) electrons. The molecule has 0 fully saturated rings. The van der Waals surface area contributed by atoms with Crippen molar-refractivity contribution in [2.45, 2.75) is 20.3 Å². The molecule has 1 aliphatic heterocycles. The monoisotopic (exact) mass is 266 g/mol. The summed E-state index contributed by atoms with van der Waals surface area (Å²) in [5.41, 5.74) is 2.35. The third-order valence-electron chi connectivity index (χ3n) is 3.09. The molecule has 1 atom stereocenters. The van der Waals surface area contributed by atoms with Gasteiger partial charge in [0.2, 0.25) is 0 Å². The molecule has 1 aromatic rings. The lowest BCUT2D eigenvalue weighted by Crippen LogP contribution is -2.27. The van der Waals surface area contributed by atoms with Crippen LogP contribution in [-0.2, 0) is 4.79 Å². The lowest BCUT2D eigenvalue weighted by atomic mass is 10.0. The molecule has 0 bridgehead atoms. The molecular weight excluding hydrogens is 252 g/mol. The van der Waals surface area contributed by atoms with E-state index in [1.807, 2.05) is 19.1 Å². The molecule has 96 valence electrons. The SMILES string of the molecule is CC1=NN(c2ccc(C)c(Cl)c2)C(=O)C1CCO. The first-order chi connectivity index (χ1) is 8.54. The van der Waals surface area contributed by atoms with Crippen LogP contribution in [0.1, 0.15) is 18.9 Å². The maximum Gasteiger partial charge on any atom is 0.256 e. The predicted molar refractivity (Wildman–Crippen MR) is 72.0 cm³/mol. The van der Waals surface area contributed by atoms with E-state index in [2.05, 4.69) is 5.10 Å². The molecule has 4 nitrogen and oxygen atoms in total. The minimum Gasteiger partial charge on any atom is -0.396 e. The average molecular weight is 267 g/mol. The van der Waals surface area contributed by atoms with Crippen molar-refractivity contribution in [3.05, 3.63) is 28.8 Å². The zero-order valence-electron chi connectivity index (χ0n) is 10.4. The van der Waals surface area contributed by atoms with Crippen LogP contribution in [0, 0.1) is 12.8 Å². The summed E-state index contributed by atoms with van der Waals surface area (Å²) in [7, 11) is 0. The number of halogens is 1. The van der Waals surface area contributed by atoms with E-state index in [0.717, 1.165) is 11.3 Å². The van der Waals surface area contributed by atoms with Gasteiger partial charge in [0.25, 0.3) is 5.91 Å². The Hall–Kier alpha value is -1.39.